The van der Waals surface area contributed by atoms with Gasteiger partial charge in [-0.25, -0.2) is 0 Å². The van der Waals surface area contributed by atoms with Crippen LogP contribution in [-0.4, -0.2) is 0 Å². The molecule has 0 radical (unpaired) electrons. The van der Waals surface area contributed by atoms with E-state index in [0.29, 0.717) is 5.92 Å². The van der Waals surface area contributed by atoms with E-state index < -0.39 is 0 Å². The zero-order valence-electron chi connectivity index (χ0n) is 12.9. The van der Waals surface area contributed by atoms with Crippen molar-refractivity contribution in [3.8, 4) is 0 Å². The van der Waals surface area contributed by atoms with Gasteiger partial charge >= 0.3 is 0 Å². The zero-order valence-corrected chi connectivity index (χ0v) is 12.9. The maximum Gasteiger partial charge on any atom is 0.0323 e. The molecule has 106 valence electrons. The summed E-state index contributed by atoms with van der Waals surface area (Å²) in [5, 5.41) is 0. The van der Waals surface area contributed by atoms with Gasteiger partial charge in [-0.3, -0.25) is 0 Å². The fraction of sp³-hybridized carbons (Fsp3) is 0.667. The van der Waals surface area contributed by atoms with Gasteiger partial charge in [-0.1, -0.05) is 64.8 Å². The van der Waals surface area contributed by atoms with Crippen LogP contribution in [0.5, 0.6) is 0 Å². The molecule has 3 unspecified atom stereocenters. The van der Waals surface area contributed by atoms with Crippen molar-refractivity contribution in [3.05, 3.63) is 35.4 Å². The molecule has 1 aromatic rings. The molecule has 1 aliphatic carbocycles. The molecular formula is C18H29N. The van der Waals surface area contributed by atoms with E-state index in [1.807, 2.05) is 0 Å². The minimum atomic E-state index is 0.225. The van der Waals surface area contributed by atoms with Crippen molar-refractivity contribution in [2.75, 3.05) is 0 Å². The molecule has 0 saturated heterocycles. The molecular weight excluding hydrogens is 230 g/mol. The maximum atomic E-state index is 6.48. The van der Waals surface area contributed by atoms with Gasteiger partial charge in [0.25, 0.3) is 0 Å². The van der Waals surface area contributed by atoms with Crippen LogP contribution in [0.1, 0.15) is 70.5 Å². The van der Waals surface area contributed by atoms with Crippen molar-refractivity contribution in [2.45, 2.75) is 64.8 Å². The Kier molecular flexibility index (Phi) is 4.35. The van der Waals surface area contributed by atoms with Crippen LogP contribution in [0.2, 0.25) is 0 Å². The maximum absolute atomic E-state index is 6.48. The van der Waals surface area contributed by atoms with Crippen LogP contribution in [-0.2, 0) is 5.41 Å². The summed E-state index contributed by atoms with van der Waals surface area (Å²) >= 11 is 0. The van der Waals surface area contributed by atoms with Crippen LogP contribution in [0.15, 0.2) is 24.3 Å². The van der Waals surface area contributed by atoms with Crippen molar-refractivity contribution in [1.82, 2.24) is 0 Å². The fourth-order valence-corrected chi connectivity index (χ4v) is 3.29. The first kappa shape index (κ1) is 14.6. The summed E-state index contributed by atoms with van der Waals surface area (Å²) in [6.07, 6.45) is 5.31. The van der Waals surface area contributed by atoms with E-state index in [2.05, 4.69) is 52.0 Å². The molecule has 1 nitrogen and oxygen atoms in total. The Hall–Kier alpha value is -0.820. The number of hydrogen-bond donors (Lipinski definition) is 1. The lowest BCUT2D eigenvalue weighted by atomic mass is 9.85. The number of hydrogen-bond acceptors (Lipinski definition) is 1. The normalized spacial score (nSPS) is 25.5. The Morgan fingerprint density at radius 1 is 1.16 bits per heavy atom. The summed E-state index contributed by atoms with van der Waals surface area (Å²) in [5.74, 6) is 1.59. The molecule has 1 fully saturated rings. The van der Waals surface area contributed by atoms with E-state index in [-0.39, 0.29) is 11.5 Å². The average molecular weight is 259 g/mol. The highest BCUT2D eigenvalue weighted by molar-refractivity contribution is 5.29. The standard InChI is InChI=1S/C18H29N/c1-5-13-6-7-15(12-13)17(19)14-8-10-16(11-9-14)18(2,3)4/h8-11,13,15,17H,5-7,12,19H2,1-4H3. The Labute approximate surface area is 118 Å². The molecule has 0 heterocycles. The monoisotopic (exact) mass is 259 g/mol. The van der Waals surface area contributed by atoms with Crippen LogP contribution in [0.25, 0.3) is 0 Å². The number of benzene rings is 1. The minimum absolute atomic E-state index is 0.225. The molecule has 0 amide bonds. The Balaban J connectivity index is 2.06. The molecule has 19 heavy (non-hydrogen) atoms. The summed E-state index contributed by atoms with van der Waals surface area (Å²) in [6.45, 7) is 9.07. The topological polar surface area (TPSA) is 26.0 Å². The predicted molar refractivity (Wildman–Crippen MR) is 83.2 cm³/mol. The summed E-state index contributed by atoms with van der Waals surface area (Å²) in [6, 6.07) is 9.21. The van der Waals surface area contributed by atoms with Crippen LogP contribution < -0.4 is 5.73 Å². The van der Waals surface area contributed by atoms with Gasteiger partial charge in [-0.05, 0) is 41.2 Å². The van der Waals surface area contributed by atoms with Crippen molar-refractivity contribution < 1.29 is 0 Å². The molecule has 0 aliphatic heterocycles. The SMILES string of the molecule is CCC1CCC(C(N)c2ccc(C(C)(C)C)cc2)C1. The Bertz CT molecular complexity index is 399. The van der Waals surface area contributed by atoms with Crippen LogP contribution in [0.3, 0.4) is 0 Å². The average Bonchev–Trinajstić information content (AvgIpc) is 2.86. The summed E-state index contributed by atoms with van der Waals surface area (Å²) in [7, 11) is 0. The first-order valence-corrected chi connectivity index (χ1v) is 7.78. The molecule has 1 aliphatic rings. The van der Waals surface area contributed by atoms with Crippen LogP contribution >= 0.6 is 0 Å². The van der Waals surface area contributed by atoms with Gasteiger partial charge in [0.15, 0.2) is 0 Å². The molecule has 3 atom stereocenters. The number of nitrogens with two attached hydrogens (primary N) is 1. The van der Waals surface area contributed by atoms with Crippen molar-refractivity contribution in [3.63, 3.8) is 0 Å². The van der Waals surface area contributed by atoms with Gasteiger partial charge in [0, 0.05) is 6.04 Å². The van der Waals surface area contributed by atoms with Crippen LogP contribution in [0, 0.1) is 11.8 Å². The van der Waals surface area contributed by atoms with E-state index in [1.54, 1.807) is 0 Å². The molecule has 2 N–H and O–H groups in total. The van der Waals surface area contributed by atoms with Gasteiger partial charge in [-0.15, -0.1) is 0 Å². The number of rotatable bonds is 3. The van der Waals surface area contributed by atoms with Gasteiger partial charge < -0.3 is 5.73 Å². The van der Waals surface area contributed by atoms with Crippen molar-refractivity contribution in [2.24, 2.45) is 17.6 Å². The second kappa shape index (κ2) is 5.66. The smallest absolute Gasteiger partial charge is 0.0323 e. The highest BCUT2D eigenvalue weighted by Gasteiger charge is 2.28. The molecule has 2 rings (SSSR count). The fourth-order valence-electron chi connectivity index (χ4n) is 3.29. The first-order valence-electron chi connectivity index (χ1n) is 7.78. The van der Waals surface area contributed by atoms with Crippen molar-refractivity contribution in [1.29, 1.82) is 0 Å². The first-order chi connectivity index (χ1) is 8.91. The molecule has 0 bridgehead atoms. The molecule has 1 saturated carbocycles. The Morgan fingerprint density at radius 3 is 2.26 bits per heavy atom. The second-order valence-electron chi connectivity index (χ2n) is 7.25. The quantitative estimate of drug-likeness (QED) is 0.828. The molecule has 1 aromatic carbocycles. The van der Waals surface area contributed by atoms with Gasteiger partial charge in [0.2, 0.25) is 0 Å². The molecule has 1 heteroatoms. The molecule has 0 aromatic heterocycles. The summed E-state index contributed by atoms with van der Waals surface area (Å²) < 4.78 is 0. The largest absolute Gasteiger partial charge is 0.324 e. The molecule has 0 spiro atoms. The van der Waals surface area contributed by atoms with Gasteiger partial charge in [-0.2, -0.15) is 0 Å². The van der Waals surface area contributed by atoms with E-state index in [0.717, 1.165) is 5.92 Å². The van der Waals surface area contributed by atoms with E-state index in [1.165, 1.54) is 36.8 Å². The summed E-state index contributed by atoms with van der Waals surface area (Å²) in [5.41, 5.74) is 9.41. The lowest BCUT2D eigenvalue weighted by Gasteiger charge is -2.23. The third-order valence-corrected chi connectivity index (χ3v) is 4.83. The van der Waals surface area contributed by atoms with Gasteiger partial charge in [0.1, 0.15) is 0 Å². The highest BCUT2D eigenvalue weighted by Crippen LogP contribution is 2.39. The summed E-state index contributed by atoms with van der Waals surface area (Å²) in [4.78, 5) is 0. The Morgan fingerprint density at radius 2 is 1.79 bits per heavy atom. The minimum Gasteiger partial charge on any atom is -0.324 e. The van der Waals surface area contributed by atoms with Gasteiger partial charge in [0.05, 0.1) is 0 Å². The lowest BCUT2D eigenvalue weighted by Crippen LogP contribution is -2.20. The third kappa shape index (κ3) is 3.39. The zero-order chi connectivity index (χ0) is 14.0. The lowest BCUT2D eigenvalue weighted by molar-refractivity contribution is 0.416. The second-order valence-corrected chi connectivity index (χ2v) is 7.25. The third-order valence-electron chi connectivity index (χ3n) is 4.83. The van der Waals surface area contributed by atoms with Crippen molar-refractivity contribution >= 4 is 0 Å². The van der Waals surface area contributed by atoms with E-state index in [9.17, 15) is 0 Å². The predicted octanol–water partition coefficient (Wildman–Crippen LogP) is 4.81. The van der Waals surface area contributed by atoms with Crippen LogP contribution in [0.4, 0.5) is 0 Å². The van der Waals surface area contributed by atoms with E-state index >= 15 is 0 Å². The van der Waals surface area contributed by atoms with E-state index in [4.69, 9.17) is 5.73 Å². The highest BCUT2D eigenvalue weighted by atomic mass is 14.7.